The summed E-state index contributed by atoms with van der Waals surface area (Å²) in [6.07, 6.45) is 0. The highest BCUT2D eigenvalue weighted by molar-refractivity contribution is 9.08. The average molecular weight is 422 g/mol. The monoisotopic (exact) mass is 421 g/mol. The molecule has 132 valence electrons. The lowest BCUT2D eigenvalue weighted by Gasteiger charge is -2.26. The molecule has 1 rings (SSSR count). The number of rotatable bonds is 9. The maximum absolute atomic E-state index is 12.9. The van der Waals surface area contributed by atoms with Crippen molar-refractivity contribution in [1.29, 1.82) is 0 Å². The van der Waals surface area contributed by atoms with Gasteiger partial charge in [-0.3, -0.25) is 0 Å². The molecule has 0 aliphatic rings. The van der Waals surface area contributed by atoms with Gasteiger partial charge in [0.25, 0.3) is 0 Å². The first-order valence-corrected chi connectivity index (χ1v) is 14.1. The Morgan fingerprint density at radius 3 is 2.43 bits per heavy atom. The molecule has 0 radical (unpaired) electrons. The van der Waals surface area contributed by atoms with Crippen molar-refractivity contribution in [3.63, 3.8) is 0 Å². The molecule has 0 saturated carbocycles. The molecule has 0 aromatic heterocycles. The van der Waals surface area contributed by atoms with Gasteiger partial charge in [0.15, 0.2) is 0 Å². The molecule has 0 fully saturated rings. The summed E-state index contributed by atoms with van der Waals surface area (Å²) in [7, 11) is -4.73. The van der Waals surface area contributed by atoms with Gasteiger partial charge in [-0.1, -0.05) is 47.7 Å². The minimum atomic E-state index is -3.55. The van der Waals surface area contributed by atoms with E-state index in [1.165, 1.54) is 4.31 Å². The highest BCUT2D eigenvalue weighted by Crippen LogP contribution is 2.20. The Balaban J connectivity index is 2.86. The second kappa shape index (κ2) is 8.76. The van der Waals surface area contributed by atoms with E-state index in [1.54, 1.807) is 18.2 Å². The van der Waals surface area contributed by atoms with E-state index in [0.717, 1.165) is 11.6 Å². The fourth-order valence-electron chi connectivity index (χ4n) is 1.95. The summed E-state index contributed by atoms with van der Waals surface area (Å²) in [6.45, 7) is 11.3. The van der Waals surface area contributed by atoms with Crippen molar-refractivity contribution in [2.75, 3.05) is 13.3 Å². The summed E-state index contributed by atoms with van der Waals surface area (Å²) >= 11 is 3.36. The van der Waals surface area contributed by atoms with Gasteiger partial charge in [-0.05, 0) is 37.6 Å². The van der Waals surface area contributed by atoms with E-state index in [0.29, 0.717) is 16.8 Å². The number of hydrogen-bond acceptors (Lipinski definition) is 3. The lowest BCUT2D eigenvalue weighted by Crippen LogP contribution is -2.39. The van der Waals surface area contributed by atoms with Gasteiger partial charge in [0.2, 0.25) is 10.0 Å². The Morgan fingerprint density at radius 1 is 1.26 bits per heavy atom. The van der Waals surface area contributed by atoms with Crippen LogP contribution in [0.25, 0.3) is 0 Å². The van der Waals surface area contributed by atoms with Crippen LogP contribution in [-0.2, 0) is 20.1 Å². The van der Waals surface area contributed by atoms with E-state index in [4.69, 9.17) is 4.74 Å². The van der Waals surface area contributed by atoms with Crippen LogP contribution in [0.5, 0.6) is 0 Å². The van der Waals surface area contributed by atoms with E-state index in [2.05, 4.69) is 35.6 Å². The quantitative estimate of drug-likeness (QED) is 0.258. The highest BCUT2D eigenvalue weighted by Gasteiger charge is 2.27. The molecule has 0 unspecified atom stereocenters. The predicted molar refractivity (Wildman–Crippen MR) is 102 cm³/mol. The summed E-state index contributed by atoms with van der Waals surface area (Å²) in [4.78, 5) is 0.317. The Hall–Kier alpha value is -0.213. The third kappa shape index (κ3) is 6.66. The van der Waals surface area contributed by atoms with E-state index in [-0.39, 0.29) is 12.8 Å². The van der Waals surface area contributed by atoms with E-state index in [9.17, 15) is 8.42 Å². The van der Waals surface area contributed by atoms with E-state index >= 15 is 0 Å². The Morgan fingerprint density at radius 2 is 1.91 bits per heavy atom. The fourth-order valence-corrected chi connectivity index (χ4v) is 4.65. The molecular formula is C16H28BrNO3SSi. The van der Waals surface area contributed by atoms with Crippen molar-refractivity contribution in [1.82, 2.24) is 4.31 Å². The molecule has 23 heavy (non-hydrogen) atoms. The van der Waals surface area contributed by atoms with Gasteiger partial charge in [0.05, 0.1) is 4.90 Å². The summed E-state index contributed by atoms with van der Waals surface area (Å²) in [5.74, 6) is 0. The number of ether oxygens (including phenoxy) is 1. The van der Waals surface area contributed by atoms with Crippen LogP contribution in [0, 0.1) is 0 Å². The first kappa shape index (κ1) is 20.8. The van der Waals surface area contributed by atoms with Gasteiger partial charge < -0.3 is 4.74 Å². The lowest BCUT2D eigenvalue weighted by molar-refractivity contribution is 0.0677. The fraction of sp³-hybridized carbons (Fsp3) is 0.625. The molecular weight excluding hydrogens is 394 g/mol. The highest BCUT2D eigenvalue weighted by atomic mass is 79.9. The van der Waals surface area contributed by atoms with Crippen molar-refractivity contribution in [3.8, 4) is 0 Å². The predicted octanol–water partition coefficient (Wildman–Crippen LogP) is 4.29. The number of nitrogens with zero attached hydrogens (tertiary/aromatic N) is 1. The Labute approximate surface area is 150 Å². The molecule has 0 heterocycles. The number of alkyl halides is 1. The zero-order chi connectivity index (χ0) is 17.7. The number of sulfonamides is 1. The molecule has 1 aromatic rings. The molecule has 0 aliphatic heterocycles. The number of halogens is 1. The first-order chi connectivity index (χ1) is 10.6. The second-order valence-corrected chi connectivity index (χ2v) is 15.2. The standard InChI is InChI=1S/C16H28BrNO3SSi/c1-14(2)18(13-21-9-10-23(3,4)5)22(19,20)16-8-6-7-15(11-16)12-17/h6-8,11,14H,9-10,12-13H2,1-5H3. The van der Waals surface area contributed by atoms with E-state index < -0.39 is 18.1 Å². The molecule has 7 heteroatoms. The van der Waals surface area contributed by atoms with Crippen molar-refractivity contribution in [2.45, 2.75) is 55.8 Å². The molecule has 0 amide bonds. The van der Waals surface area contributed by atoms with Crippen molar-refractivity contribution in [2.24, 2.45) is 0 Å². The summed E-state index contributed by atoms with van der Waals surface area (Å²) in [6, 6.07) is 7.89. The van der Waals surface area contributed by atoms with Crippen molar-refractivity contribution in [3.05, 3.63) is 29.8 Å². The van der Waals surface area contributed by atoms with Crippen LogP contribution in [0.15, 0.2) is 29.2 Å². The molecule has 0 aliphatic carbocycles. The van der Waals surface area contributed by atoms with Gasteiger partial charge in [0, 0.05) is 26.1 Å². The van der Waals surface area contributed by atoms with Gasteiger partial charge in [-0.2, -0.15) is 4.31 Å². The molecule has 0 N–H and O–H groups in total. The third-order valence-corrected chi connectivity index (χ3v) is 7.80. The van der Waals surface area contributed by atoms with Crippen LogP contribution in [-0.4, -0.2) is 40.2 Å². The second-order valence-electron chi connectivity index (χ2n) is 7.11. The zero-order valence-electron chi connectivity index (χ0n) is 14.7. The molecule has 0 bridgehead atoms. The van der Waals surface area contributed by atoms with Gasteiger partial charge >= 0.3 is 0 Å². The largest absolute Gasteiger partial charge is 0.365 e. The van der Waals surface area contributed by atoms with Gasteiger partial charge in [-0.15, -0.1) is 0 Å². The zero-order valence-corrected chi connectivity index (χ0v) is 18.1. The van der Waals surface area contributed by atoms with Crippen molar-refractivity contribution < 1.29 is 13.2 Å². The maximum atomic E-state index is 12.9. The SMILES string of the molecule is CC(C)N(COCC[Si](C)(C)C)S(=O)(=O)c1cccc(CBr)c1. The molecule has 4 nitrogen and oxygen atoms in total. The van der Waals surface area contributed by atoms with Crippen LogP contribution in [0.1, 0.15) is 19.4 Å². The van der Waals surface area contributed by atoms with Crippen LogP contribution < -0.4 is 0 Å². The van der Waals surface area contributed by atoms with Crippen molar-refractivity contribution >= 4 is 34.0 Å². The van der Waals surface area contributed by atoms with Crippen LogP contribution in [0.2, 0.25) is 25.7 Å². The van der Waals surface area contributed by atoms with E-state index in [1.807, 2.05) is 19.9 Å². The van der Waals surface area contributed by atoms with Gasteiger partial charge in [0.1, 0.15) is 6.73 Å². The summed E-state index contributed by atoms with van der Waals surface area (Å²) in [5.41, 5.74) is 0.939. The van der Waals surface area contributed by atoms with Crippen LogP contribution in [0.3, 0.4) is 0 Å². The minimum Gasteiger partial charge on any atom is -0.365 e. The molecule has 0 saturated heterocycles. The maximum Gasteiger partial charge on any atom is 0.245 e. The molecule has 0 atom stereocenters. The smallest absolute Gasteiger partial charge is 0.245 e. The number of hydrogen-bond donors (Lipinski definition) is 0. The average Bonchev–Trinajstić information content (AvgIpc) is 2.45. The number of benzene rings is 1. The van der Waals surface area contributed by atoms with Gasteiger partial charge in [-0.25, -0.2) is 8.42 Å². The minimum absolute atomic E-state index is 0.100. The lowest BCUT2D eigenvalue weighted by atomic mass is 10.2. The normalized spacial score (nSPS) is 13.0. The first-order valence-electron chi connectivity index (χ1n) is 7.82. The third-order valence-electron chi connectivity index (χ3n) is 3.45. The molecule has 1 aromatic carbocycles. The van der Waals surface area contributed by atoms with Crippen LogP contribution >= 0.6 is 15.9 Å². The molecule has 0 spiro atoms. The topological polar surface area (TPSA) is 46.6 Å². The Bertz CT molecular complexity index is 600. The van der Waals surface area contributed by atoms with Crippen LogP contribution in [0.4, 0.5) is 0 Å². The summed E-state index contributed by atoms with van der Waals surface area (Å²) in [5, 5.41) is 0.630. The summed E-state index contributed by atoms with van der Waals surface area (Å²) < 4.78 is 32.8. The Kier molecular flexibility index (Phi) is 7.93.